The van der Waals surface area contributed by atoms with Crippen molar-refractivity contribution in [1.82, 2.24) is 4.90 Å². The highest BCUT2D eigenvalue weighted by atomic mass is 16.5. The molecule has 8 nitrogen and oxygen atoms in total. The number of hydrogen-bond donors (Lipinski definition) is 1. The zero-order valence-corrected chi connectivity index (χ0v) is 23.4. The van der Waals surface area contributed by atoms with E-state index in [1.807, 2.05) is 47.6 Å². The van der Waals surface area contributed by atoms with Crippen LogP contribution >= 0.6 is 0 Å². The van der Waals surface area contributed by atoms with Crippen molar-refractivity contribution in [3.8, 4) is 17.2 Å². The van der Waals surface area contributed by atoms with Gasteiger partial charge in [0.15, 0.2) is 11.5 Å². The zero-order valence-electron chi connectivity index (χ0n) is 23.4. The van der Waals surface area contributed by atoms with Crippen molar-refractivity contribution >= 4 is 17.4 Å². The van der Waals surface area contributed by atoms with Gasteiger partial charge in [0.25, 0.3) is 11.7 Å². The van der Waals surface area contributed by atoms with Crippen molar-refractivity contribution in [3.05, 3.63) is 58.7 Å². The van der Waals surface area contributed by atoms with Gasteiger partial charge in [-0.2, -0.15) is 0 Å². The van der Waals surface area contributed by atoms with E-state index in [1.165, 1.54) is 12.0 Å². The zero-order chi connectivity index (χ0) is 28.0. The fourth-order valence-corrected chi connectivity index (χ4v) is 4.55. The second-order valence-corrected chi connectivity index (χ2v) is 9.63. The Kier molecular flexibility index (Phi) is 9.80. The molecule has 0 saturated carbocycles. The molecule has 206 valence electrons. The van der Waals surface area contributed by atoms with Crippen molar-refractivity contribution in [1.29, 1.82) is 0 Å². The molecule has 1 atom stereocenters. The van der Waals surface area contributed by atoms with E-state index >= 15 is 0 Å². The molecule has 2 aromatic rings. The minimum atomic E-state index is -0.827. The normalized spacial score (nSPS) is 17.0. The third-order valence-electron chi connectivity index (χ3n) is 6.23. The summed E-state index contributed by atoms with van der Waals surface area (Å²) in [6.45, 7) is 13.0. The Morgan fingerprint density at radius 2 is 1.61 bits per heavy atom. The number of rotatable bonds is 12. The maximum atomic E-state index is 13.4. The Bertz CT molecular complexity index is 1190. The first-order chi connectivity index (χ1) is 18.1. The predicted octanol–water partition coefficient (Wildman–Crippen LogP) is 5.46. The third kappa shape index (κ3) is 6.13. The van der Waals surface area contributed by atoms with Crippen molar-refractivity contribution < 1.29 is 33.6 Å². The maximum Gasteiger partial charge on any atom is 0.295 e. The molecular formula is C30H39NO7. The largest absolute Gasteiger partial charge is 0.507 e. The van der Waals surface area contributed by atoms with Crippen LogP contribution in [0.25, 0.3) is 5.76 Å². The number of aliphatic hydroxyl groups excluding tert-OH is 1. The van der Waals surface area contributed by atoms with Gasteiger partial charge < -0.3 is 29.0 Å². The van der Waals surface area contributed by atoms with Crippen LogP contribution in [0.1, 0.15) is 70.2 Å². The van der Waals surface area contributed by atoms with Crippen LogP contribution in [0.3, 0.4) is 0 Å². The monoisotopic (exact) mass is 525 g/mol. The molecule has 0 spiro atoms. The summed E-state index contributed by atoms with van der Waals surface area (Å²) in [6, 6.07) is 9.81. The van der Waals surface area contributed by atoms with Crippen LogP contribution < -0.4 is 14.2 Å². The molecule has 0 aliphatic carbocycles. The van der Waals surface area contributed by atoms with Crippen LogP contribution in [0.5, 0.6) is 17.2 Å². The number of carbonyl (C=O) groups excluding carboxylic acids is 2. The predicted molar refractivity (Wildman–Crippen MR) is 146 cm³/mol. The molecule has 1 aliphatic rings. The lowest BCUT2D eigenvalue weighted by atomic mass is 9.93. The molecule has 8 heteroatoms. The molecule has 0 aromatic heterocycles. The first kappa shape index (κ1) is 29.0. The highest BCUT2D eigenvalue weighted by Crippen LogP contribution is 2.42. The number of nitrogens with zero attached hydrogens (tertiary/aromatic N) is 1. The number of benzene rings is 2. The minimum absolute atomic E-state index is 0.0185. The van der Waals surface area contributed by atoms with E-state index in [-0.39, 0.29) is 36.5 Å². The van der Waals surface area contributed by atoms with Gasteiger partial charge in [-0.05, 0) is 75.1 Å². The Labute approximate surface area is 225 Å². The Morgan fingerprint density at radius 1 is 0.947 bits per heavy atom. The SMILES string of the molecule is CCOc1cc(C2/C(=C(\O)c3ccc(OCC)c(C(C)C)c3)C(=O)C(=O)N2CCOC)ccc1OC(C)C. The first-order valence-electron chi connectivity index (χ1n) is 13.1. The average Bonchev–Trinajstić information content (AvgIpc) is 3.13. The summed E-state index contributed by atoms with van der Waals surface area (Å²) in [5.74, 6) is 0.225. The third-order valence-corrected chi connectivity index (χ3v) is 6.23. The van der Waals surface area contributed by atoms with Gasteiger partial charge in [0.05, 0.1) is 37.5 Å². The summed E-state index contributed by atoms with van der Waals surface area (Å²) in [5.41, 5.74) is 1.98. The van der Waals surface area contributed by atoms with E-state index in [9.17, 15) is 14.7 Å². The topological polar surface area (TPSA) is 94.5 Å². The molecule has 3 rings (SSSR count). The fourth-order valence-electron chi connectivity index (χ4n) is 4.55. The van der Waals surface area contributed by atoms with Crippen LogP contribution in [0, 0.1) is 0 Å². The van der Waals surface area contributed by atoms with Gasteiger partial charge in [0.1, 0.15) is 11.5 Å². The maximum absolute atomic E-state index is 13.4. The highest BCUT2D eigenvalue weighted by Gasteiger charge is 2.46. The molecule has 1 fully saturated rings. The number of hydrogen-bond acceptors (Lipinski definition) is 7. The van der Waals surface area contributed by atoms with Crippen LogP contribution in [-0.4, -0.2) is 61.3 Å². The van der Waals surface area contributed by atoms with E-state index in [4.69, 9.17) is 18.9 Å². The lowest BCUT2D eigenvalue weighted by molar-refractivity contribution is -0.140. The van der Waals surface area contributed by atoms with Gasteiger partial charge in [0.2, 0.25) is 0 Å². The molecule has 0 radical (unpaired) electrons. The Hall–Kier alpha value is -3.52. The Morgan fingerprint density at radius 3 is 2.21 bits per heavy atom. The molecule has 1 amide bonds. The van der Waals surface area contributed by atoms with Gasteiger partial charge in [-0.15, -0.1) is 0 Å². The number of ketones is 1. The average molecular weight is 526 g/mol. The summed E-state index contributed by atoms with van der Waals surface area (Å²) in [6.07, 6.45) is -0.0674. The molecule has 1 aliphatic heterocycles. The second-order valence-electron chi connectivity index (χ2n) is 9.63. The smallest absolute Gasteiger partial charge is 0.295 e. The summed E-state index contributed by atoms with van der Waals surface area (Å²) >= 11 is 0. The molecule has 1 heterocycles. The van der Waals surface area contributed by atoms with E-state index in [2.05, 4.69) is 0 Å². The molecule has 0 bridgehead atoms. The standard InChI is InChI=1S/C30H39NO7/c1-8-36-23-12-11-21(16-22(23)18(3)4)28(32)26-27(31(14-15-35-7)30(34)29(26)33)20-10-13-24(38-19(5)6)25(17-20)37-9-2/h10-13,16-19,27,32H,8-9,14-15H2,1-7H3/b28-26+. The molecule has 2 aromatic carbocycles. The lowest BCUT2D eigenvalue weighted by Gasteiger charge is -2.26. The molecule has 1 saturated heterocycles. The van der Waals surface area contributed by atoms with E-state index in [0.29, 0.717) is 35.8 Å². The van der Waals surface area contributed by atoms with Gasteiger partial charge in [-0.25, -0.2) is 0 Å². The number of amides is 1. The van der Waals surface area contributed by atoms with Crippen LogP contribution in [0.15, 0.2) is 42.0 Å². The van der Waals surface area contributed by atoms with Gasteiger partial charge in [0, 0.05) is 19.2 Å². The summed E-state index contributed by atoms with van der Waals surface area (Å²) in [4.78, 5) is 28.0. The van der Waals surface area contributed by atoms with Crippen LogP contribution in [0.4, 0.5) is 0 Å². The van der Waals surface area contributed by atoms with E-state index in [1.54, 1.807) is 30.3 Å². The Balaban J connectivity index is 2.21. The number of Topliss-reactive ketones (excluding diaryl/α,β-unsaturated/α-hetero) is 1. The van der Waals surface area contributed by atoms with Gasteiger partial charge in [-0.1, -0.05) is 19.9 Å². The number of likely N-dealkylation sites (tertiary alicyclic amines) is 1. The highest BCUT2D eigenvalue weighted by molar-refractivity contribution is 6.46. The van der Waals surface area contributed by atoms with Crippen molar-refractivity contribution in [2.24, 2.45) is 0 Å². The minimum Gasteiger partial charge on any atom is -0.507 e. The number of aliphatic hydroxyl groups is 1. The van der Waals surface area contributed by atoms with Crippen LogP contribution in [0.2, 0.25) is 0 Å². The van der Waals surface area contributed by atoms with E-state index in [0.717, 1.165) is 11.3 Å². The van der Waals surface area contributed by atoms with Crippen LogP contribution in [-0.2, 0) is 14.3 Å². The first-order valence-corrected chi connectivity index (χ1v) is 13.1. The summed E-state index contributed by atoms with van der Waals surface area (Å²) in [5, 5.41) is 11.5. The van der Waals surface area contributed by atoms with E-state index < -0.39 is 17.7 Å². The lowest BCUT2D eigenvalue weighted by Crippen LogP contribution is -2.32. The summed E-state index contributed by atoms with van der Waals surface area (Å²) < 4.78 is 22.7. The molecule has 1 N–H and O–H groups in total. The van der Waals surface area contributed by atoms with Crippen molar-refractivity contribution in [3.63, 3.8) is 0 Å². The molecular weight excluding hydrogens is 486 g/mol. The van der Waals surface area contributed by atoms with Gasteiger partial charge >= 0.3 is 0 Å². The van der Waals surface area contributed by atoms with Crippen molar-refractivity contribution in [2.45, 2.75) is 59.6 Å². The second kappa shape index (κ2) is 12.8. The molecule has 38 heavy (non-hydrogen) atoms. The van der Waals surface area contributed by atoms with Gasteiger partial charge in [-0.3, -0.25) is 9.59 Å². The fraction of sp³-hybridized carbons (Fsp3) is 0.467. The quantitative estimate of drug-likeness (QED) is 0.223. The number of ether oxygens (including phenoxy) is 4. The summed E-state index contributed by atoms with van der Waals surface area (Å²) in [7, 11) is 1.53. The number of methoxy groups -OCH3 is 1. The number of carbonyl (C=O) groups is 2. The van der Waals surface area contributed by atoms with Crippen molar-refractivity contribution in [2.75, 3.05) is 33.5 Å². The molecule has 1 unspecified atom stereocenters.